The van der Waals surface area contributed by atoms with Crippen LogP contribution in [0.25, 0.3) is 22.0 Å². The largest absolute Gasteiger partial charge is 0.383 e. The van der Waals surface area contributed by atoms with Gasteiger partial charge in [0, 0.05) is 48.7 Å². The molecule has 0 unspecified atom stereocenters. The monoisotopic (exact) mass is 315 g/mol. The average molecular weight is 315 g/mol. The molecule has 24 heavy (non-hydrogen) atoms. The molecular weight excluding hydrogens is 294 g/mol. The van der Waals surface area contributed by atoms with Crippen LogP contribution >= 0.6 is 0 Å². The summed E-state index contributed by atoms with van der Waals surface area (Å²) >= 11 is 0. The lowest BCUT2D eigenvalue weighted by Gasteiger charge is -2.16. The quantitative estimate of drug-likeness (QED) is 0.661. The lowest BCUT2D eigenvalue weighted by atomic mass is 9.94. The Kier molecular flexibility index (Phi) is 4.43. The van der Waals surface area contributed by atoms with Gasteiger partial charge in [-0.2, -0.15) is 0 Å². The first kappa shape index (κ1) is 15.9. The van der Waals surface area contributed by atoms with Crippen LogP contribution in [0.5, 0.6) is 0 Å². The zero-order valence-electron chi connectivity index (χ0n) is 14.3. The summed E-state index contributed by atoms with van der Waals surface area (Å²) in [5.41, 5.74) is 5.93. The molecule has 0 fully saturated rings. The van der Waals surface area contributed by atoms with Crippen molar-refractivity contribution in [1.82, 2.24) is 14.9 Å². The summed E-state index contributed by atoms with van der Waals surface area (Å²) in [6, 6.07) is 16.2. The molecule has 0 aliphatic heterocycles. The van der Waals surface area contributed by atoms with Crippen LogP contribution in [0, 0.1) is 6.92 Å². The van der Waals surface area contributed by atoms with E-state index in [0.717, 1.165) is 39.0 Å². The number of rotatable bonds is 4. The molecule has 3 aromatic rings. The van der Waals surface area contributed by atoms with E-state index in [1.54, 1.807) is 0 Å². The van der Waals surface area contributed by atoms with E-state index in [1.165, 1.54) is 0 Å². The average Bonchev–Trinajstić information content (AvgIpc) is 2.58. The van der Waals surface area contributed by atoms with Gasteiger partial charge < -0.3 is 4.90 Å². The van der Waals surface area contributed by atoms with Gasteiger partial charge in [0.25, 0.3) is 0 Å². The number of fused-ring (bicyclic) bond motifs is 1. The fraction of sp³-hybridized carbons (Fsp3) is 0.143. The molecule has 1 aromatic carbocycles. The SMILES string of the molecule is C=C(/C(=C\N(C)C)c1ccnc2ccccc12)c1cccc(C)n1. The maximum Gasteiger partial charge on any atom is 0.0708 e. The first-order valence-electron chi connectivity index (χ1n) is 7.92. The minimum absolute atomic E-state index is 0.893. The molecule has 120 valence electrons. The Morgan fingerprint density at radius 3 is 2.58 bits per heavy atom. The highest BCUT2D eigenvalue weighted by molar-refractivity contribution is 6.08. The summed E-state index contributed by atoms with van der Waals surface area (Å²) in [6.07, 6.45) is 3.94. The van der Waals surface area contributed by atoms with Gasteiger partial charge in [0.15, 0.2) is 0 Å². The number of nitrogens with zero attached hydrogens (tertiary/aromatic N) is 3. The van der Waals surface area contributed by atoms with Gasteiger partial charge in [-0.25, -0.2) is 0 Å². The first-order valence-corrected chi connectivity index (χ1v) is 7.92. The highest BCUT2D eigenvalue weighted by Gasteiger charge is 2.13. The summed E-state index contributed by atoms with van der Waals surface area (Å²) in [5.74, 6) is 0. The van der Waals surface area contributed by atoms with E-state index in [1.807, 2.05) is 74.6 Å². The lowest BCUT2D eigenvalue weighted by molar-refractivity contribution is 0.566. The molecule has 0 aliphatic rings. The van der Waals surface area contributed by atoms with Crippen LogP contribution in [-0.4, -0.2) is 29.0 Å². The number of pyridine rings is 2. The predicted molar refractivity (Wildman–Crippen MR) is 101 cm³/mol. The number of para-hydroxylation sites is 1. The van der Waals surface area contributed by atoms with Gasteiger partial charge in [-0.3, -0.25) is 9.97 Å². The van der Waals surface area contributed by atoms with Crippen LogP contribution in [-0.2, 0) is 0 Å². The third kappa shape index (κ3) is 3.20. The second-order valence-corrected chi connectivity index (χ2v) is 6.02. The highest BCUT2D eigenvalue weighted by Crippen LogP contribution is 2.33. The van der Waals surface area contributed by atoms with Crippen molar-refractivity contribution in [2.24, 2.45) is 0 Å². The van der Waals surface area contributed by atoms with E-state index in [-0.39, 0.29) is 0 Å². The van der Waals surface area contributed by atoms with E-state index in [4.69, 9.17) is 0 Å². The molecule has 0 saturated carbocycles. The summed E-state index contributed by atoms with van der Waals surface area (Å²) in [4.78, 5) is 11.1. The molecule has 0 spiro atoms. The van der Waals surface area contributed by atoms with Crippen molar-refractivity contribution in [1.29, 1.82) is 0 Å². The van der Waals surface area contributed by atoms with Crippen LogP contribution in [0.1, 0.15) is 17.0 Å². The Bertz CT molecular complexity index is 918. The second kappa shape index (κ2) is 6.67. The second-order valence-electron chi connectivity index (χ2n) is 6.02. The molecule has 0 amide bonds. The standard InChI is InChI=1S/C21H21N3/c1-15-8-7-11-20(23-15)16(2)19(14-24(3)4)17-12-13-22-21-10-6-5-9-18(17)21/h5-14H,2H2,1,3-4H3/b19-14+. The Labute approximate surface area is 143 Å². The van der Waals surface area contributed by atoms with Gasteiger partial charge in [0.05, 0.1) is 11.2 Å². The van der Waals surface area contributed by atoms with Gasteiger partial charge in [0.2, 0.25) is 0 Å². The fourth-order valence-electron chi connectivity index (χ4n) is 2.75. The zero-order chi connectivity index (χ0) is 17.1. The van der Waals surface area contributed by atoms with Crippen molar-refractivity contribution in [3.05, 3.63) is 84.5 Å². The molecule has 3 heteroatoms. The Morgan fingerprint density at radius 1 is 1.04 bits per heavy atom. The molecule has 0 aliphatic carbocycles. The first-order chi connectivity index (χ1) is 11.6. The van der Waals surface area contributed by atoms with Gasteiger partial charge in [-0.15, -0.1) is 0 Å². The topological polar surface area (TPSA) is 29.0 Å². The Balaban J connectivity index is 2.19. The van der Waals surface area contributed by atoms with Gasteiger partial charge in [-0.05, 0) is 36.8 Å². The van der Waals surface area contributed by atoms with E-state index in [2.05, 4.69) is 28.8 Å². The molecule has 2 aromatic heterocycles. The summed E-state index contributed by atoms with van der Waals surface area (Å²) in [5, 5.41) is 1.11. The molecule has 0 N–H and O–H groups in total. The maximum atomic E-state index is 4.63. The Morgan fingerprint density at radius 2 is 1.83 bits per heavy atom. The highest BCUT2D eigenvalue weighted by atomic mass is 15.0. The van der Waals surface area contributed by atoms with Gasteiger partial charge >= 0.3 is 0 Å². The van der Waals surface area contributed by atoms with E-state index >= 15 is 0 Å². The van der Waals surface area contributed by atoms with E-state index in [9.17, 15) is 0 Å². The molecule has 3 nitrogen and oxygen atoms in total. The number of allylic oxidation sites excluding steroid dienone is 2. The number of hydrogen-bond donors (Lipinski definition) is 0. The van der Waals surface area contributed by atoms with E-state index in [0.29, 0.717) is 0 Å². The smallest absolute Gasteiger partial charge is 0.0708 e. The summed E-state index contributed by atoms with van der Waals surface area (Å²) in [6.45, 7) is 6.32. The van der Waals surface area contributed by atoms with Crippen molar-refractivity contribution >= 4 is 22.0 Å². The van der Waals surface area contributed by atoms with Crippen LogP contribution in [0.3, 0.4) is 0 Å². The van der Waals surface area contributed by atoms with Crippen molar-refractivity contribution < 1.29 is 0 Å². The molecule has 0 radical (unpaired) electrons. The normalized spacial score (nSPS) is 11.5. The van der Waals surface area contributed by atoms with Crippen molar-refractivity contribution in [3.8, 4) is 0 Å². The van der Waals surface area contributed by atoms with Crippen molar-refractivity contribution in [3.63, 3.8) is 0 Å². The van der Waals surface area contributed by atoms with E-state index < -0.39 is 0 Å². The summed E-state index contributed by atoms with van der Waals surface area (Å²) < 4.78 is 0. The predicted octanol–water partition coefficient (Wildman–Crippen LogP) is 4.55. The minimum atomic E-state index is 0.893. The number of aromatic nitrogens is 2. The molecule has 3 rings (SSSR count). The fourth-order valence-corrected chi connectivity index (χ4v) is 2.75. The minimum Gasteiger partial charge on any atom is -0.383 e. The van der Waals surface area contributed by atoms with Crippen LogP contribution in [0.4, 0.5) is 0 Å². The number of benzene rings is 1. The third-order valence-corrected chi connectivity index (χ3v) is 3.85. The Hall–Kier alpha value is -2.94. The van der Waals surface area contributed by atoms with Crippen LogP contribution < -0.4 is 0 Å². The third-order valence-electron chi connectivity index (χ3n) is 3.85. The lowest BCUT2D eigenvalue weighted by Crippen LogP contribution is -2.05. The molecular formula is C21H21N3. The molecule has 0 atom stereocenters. The maximum absolute atomic E-state index is 4.63. The van der Waals surface area contributed by atoms with Gasteiger partial charge in [0.1, 0.15) is 0 Å². The number of hydrogen-bond acceptors (Lipinski definition) is 3. The van der Waals surface area contributed by atoms with Gasteiger partial charge in [-0.1, -0.05) is 30.8 Å². The van der Waals surface area contributed by atoms with Crippen molar-refractivity contribution in [2.75, 3.05) is 14.1 Å². The summed E-state index contributed by atoms with van der Waals surface area (Å²) in [7, 11) is 4.03. The van der Waals surface area contributed by atoms with Crippen LogP contribution in [0.2, 0.25) is 0 Å². The number of aryl methyl sites for hydroxylation is 1. The zero-order valence-corrected chi connectivity index (χ0v) is 14.3. The molecule has 0 saturated heterocycles. The molecule has 2 heterocycles. The molecule has 0 bridgehead atoms. The van der Waals surface area contributed by atoms with Crippen LogP contribution in [0.15, 0.2) is 67.5 Å². The van der Waals surface area contributed by atoms with Crippen molar-refractivity contribution in [2.45, 2.75) is 6.92 Å².